The molecule has 0 saturated carbocycles. The van der Waals surface area contributed by atoms with Gasteiger partial charge in [0.25, 0.3) is 5.56 Å². The van der Waals surface area contributed by atoms with E-state index in [4.69, 9.17) is 4.74 Å². The maximum absolute atomic E-state index is 12.0. The summed E-state index contributed by atoms with van der Waals surface area (Å²) in [4.78, 5) is 12.0. The maximum Gasteiger partial charge on any atom is 0.271 e. The fourth-order valence-electron chi connectivity index (χ4n) is 2.09. The molecule has 1 N–H and O–H groups in total. The zero-order chi connectivity index (χ0) is 15.2. The van der Waals surface area contributed by atoms with Crippen LogP contribution < -0.4 is 15.6 Å². The molecule has 1 heterocycles. The molecule has 0 atom stereocenters. The van der Waals surface area contributed by atoms with Crippen LogP contribution in [0.4, 0.5) is 0 Å². The van der Waals surface area contributed by atoms with Gasteiger partial charge in [0.15, 0.2) is 0 Å². The highest BCUT2D eigenvalue weighted by Crippen LogP contribution is 2.22. The van der Waals surface area contributed by atoms with Gasteiger partial charge in [-0.3, -0.25) is 4.79 Å². The highest BCUT2D eigenvalue weighted by atomic mass is 16.5. The van der Waals surface area contributed by atoms with Gasteiger partial charge in [-0.05, 0) is 31.7 Å². The average Bonchev–Trinajstić information content (AvgIpc) is 2.50. The van der Waals surface area contributed by atoms with Gasteiger partial charge in [-0.2, -0.15) is 5.10 Å². The summed E-state index contributed by atoms with van der Waals surface area (Å²) >= 11 is 0. The van der Waals surface area contributed by atoms with E-state index in [1.54, 1.807) is 7.05 Å². The minimum Gasteiger partial charge on any atom is -0.494 e. The number of ether oxygens (including phenoxy) is 1. The van der Waals surface area contributed by atoms with Gasteiger partial charge in [0.05, 0.1) is 12.3 Å². The van der Waals surface area contributed by atoms with Crippen molar-refractivity contribution in [1.82, 2.24) is 15.1 Å². The number of nitrogens with one attached hydrogen (secondary N) is 1. The Morgan fingerprint density at radius 2 is 2.14 bits per heavy atom. The number of nitrogens with zero attached hydrogens (tertiary/aromatic N) is 2. The lowest BCUT2D eigenvalue weighted by molar-refractivity contribution is 0.317. The third-order valence-electron chi connectivity index (χ3n) is 3.11. The lowest BCUT2D eigenvalue weighted by atomic mass is 10.1. The molecule has 0 amide bonds. The van der Waals surface area contributed by atoms with Gasteiger partial charge in [0.1, 0.15) is 5.75 Å². The summed E-state index contributed by atoms with van der Waals surface area (Å²) in [5.74, 6) is 0.820. The van der Waals surface area contributed by atoms with E-state index in [1.165, 1.54) is 4.68 Å². The van der Waals surface area contributed by atoms with Crippen molar-refractivity contribution in [3.8, 4) is 17.0 Å². The summed E-state index contributed by atoms with van der Waals surface area (Å²) in [7, 11) is 3.49. The molecule has 21 heavy (non-hydrogen) atoms. The second-order valence-electron chi connectivity index (χ2n) is 4.89. The first-order valence-electron chi connectivity index (χ1n) is 7.10. The van der Waals surface area contributed by atoms with Gasteiger partial charge in [0, 0.05) is 24.7 Å². The van der Waals surface area contributed by atoms with Crippen LogP contribution in [-0.2, 0) is 13.6 Å². The lowest BCUT2D eigenvalue weighted by Crippen LogP contribution is -2.26. The fourth-order valence-corrected chi connectivity index (χ4v) is 2.09. The van der Waals surface area contributed by atoms with Gasteiger partial charge in [-0.15, -0.1) is 0 Å². The predicted molar refractivity (Wildman–Crippen MR) is 83.5 cm³/mol. The van der Waals surface area contributed by atoms with Gasteiger partial charge in [-0.1, -0.05) is 19.1 Å². The van der Waals surface area contributed by atoms with Crippen LogP contribution in [0.15, 0.2) is 35.1 Å². The maximum atomic E-state index is 12.0. The van der Waals surface area contributed by atoms with Gasteiger partial charge in [0.2, 0.25) is 0 Å². The van der Waals surface area contributed by atoms with Crippen molar-refractivity contribution in [3.05, 3.63) is 46.2 Å². The molecule has 1 aromatic carbocycles. The summed E-state index contributed by atoms with van der Waals surface area (Å²) < 4.78 is 7.02. The number of hydrogen-bond donors (Lipinski definition) is 1. The molecule has 5 nitrogen and oxygen atoms in total. The topological polar surface area (TPSA) is 56.1 Å². The summed E-state index contributed by atoms with van der Waals surface area (Å²) in [6, 6.07) is 9.61. The first-order chi connectivity index (χ1) is 10.2. The Balaban J connectivity index is 2.39. The Kier molecular flexibility index (Phi) is 5.11. The molecule has 0 spiro atoms. The third kappa shape index (κ3) is 3.70. The molecule has 0 aliphatic rings. The third-order valence-corrected chi connectivity index (χ3v) is 3.11. The summed E-state index contributed by atoms with van der Waals surface area (Å²) in [5.41, 5.74) is 2.33. The predicted octanol–water partition coefficient (Wildman–Crippen LogP) is 1.96. The van der Waals surface area contributed by atoms with Crippen LogP contribution in [0.2, 0.25) is 0 Å². The van der Waals surface area contributed by atoms with Crippen LogP contribution in [0.5, 0.6) is 5.75 Å². The van der Waals surface area contributed by atoms with E-state index in [-0.39, 0.29) is 5.56 Å². The number of aryl methyl sites for hydroxylation is 1. The molecule has 5 heteroatoms. The number of aromatic nitrogens is 2. The average molecular weight is 287 g/mol. The molecule has 0 saturated heterocycles. The smallest absolute Gasteiger partial charge is 0.271 e. The van der Waals surface area contributed by atoms with E-state index < -0.39 is 0 Å². The SMILES string of the molecule is CCCOc1cccc(-c2cc(CNC)c(=O)n(C)n2)c1. The molecule has 0 fully saturated rings. The normalized spacial score (nSPS) is 10.6. The molecule has 1 aromatic heterocycles. The Hall–Kier alpha value is -2.14. The molecular weight excluding hydrogens is 266 g/mol. The van der Waals surface area contributed by atoms with Gasteiger partial charge >= 0.3 is 0 Å². The molecule has 0 aliphatic carbocycles. The standard InChI is InChI=1S/C16H21N3O2/c1-4-8-21-14-7-5-6-12(9-14)15-10-13(11-17-2)16(20)19(3)18-15/h5-7,9-10,17H,4,8,11H2,1-3H3. The second-order valence-corrected chi connectivity index (χ2v) is 4.89. The zero-order valence-electron chi connectivity index (χ0n) is 12.7. The summed E-state index contributed by atoms with van der Waals surface area (Å²) in [5, 5.41) is 7.33. The molecule has 2 aromatic rings. The summed E-state index contributed by atoms with van der Waals surface area (Å²) in [6.07, 6.45) is 0.967. The fraction of sp³-hybridized carbons (Fsp3) is 0.375. The van der Waals surface area contributed by atoms with Crippen LogP contribution in [0, 0.1) is 0 Å². The minimum absolute atomic E-state index is 0.0773. The van der Waals surface area contributed by atoms with Crippen molar-refractivity contribution in [2.75, 3.05) is 13.7 Å². The largest absolute Gasteiger partial charge is 0.494 e. The van der Waals surface area contributed by atoms with Crippen LogP contribution >= 0.6 is 0 Å². The van der Waals surface area contributed by atoms with E-state index in [0.717, 1.165) is 23.4 Å². The Morgan fingerprint density at radius 3 is 2.86 bits per heavy atom. The first-order valence-corrected chi connectivity index (χ1v) is 7.10. The van der Waals surface area contributed by atoms with E-state index in [0.29, 0.717) is 18.7 Å². The van der Waals surface area contributed by atoms with Crippen molar-refractivity contribution in [2.45, 2.75) is 19.9 Å². The summed E-state index contributed by atoms with van der Waals surface area (Å²) in [6.45, 7) is 3.28. The van der Waals surface area contributed by atoms with Crippen LogP contribution in [0.25, 0.3) is 11.3 Å². The zero-order valence-corrected chi connectivity index (χ0v) is 12.7. The van der Waals surface area contributed by atoms with Gasteiger partial charge < -0.3 is 10.1 Å². The van der Waals surface area contributed by atoms with E-state index in [9.17, 15) is 4.79 Å². The van der Waals surface area contributed by atoms with Crippen molar-refractivity contribution in [2.24, 2.45) is 7.05 Å². The Labute approximate surface area is 124 Å². The molecule has 0 aliphatic heterocycles. The molecule has 0 unspecified atom stereocenters. The number of benzene rings is 1. The van der Waals surface area contributed by atoms with E-state index in [1.807, 2.05) is 37.4 Å². The lowest BCUT2D eigenvalue weighted by Gasteiger charge is -2.09. The minimum atomic E-state index is -0.0773. The second kappa shape index (κ2) is 7.04. The first kappa shape index (κ1) is 15.3. The van der Waals surface area contributed by atoms with Crippen LogP contribution in [-0.4, -0.2) is 23.4 Å². The van der Waals surface area contributed by atoms with Crippen molar-refractivity contribution < 1.29 is 4.74 Å². The highest BCUT2D eigenvalue weighted by Gasteiger charge is 2.08. The van der Waals surface area contributed by atoms with Crippen LogP contribution in [0.3, 0.4) is 0 Å². The van der Waals surface area contributed by atoms with E-state index >= 15 is 0 Å². The molecule has 2 rings (SSSR count). The van der Waals surface area contributed by atoms with Crippen molar-refractivity contribution in [3.63, 3.8) is 0 Å². The Morgan fingerprint density at radius 1 is 1.33 bits per heavy atom. The van der Waals surface area contributed by atoms with Gasteiger partial charge in [-0.25, -0.2) is 4.68 Å². The molecule has 0 radical (unpaired) electrons. The highest BCUT2D eigenvalue weighted by molar-refractivity contribution is 5.61. The monoisotopic (exact) mass is 287 g/mol. The van der Waals surface area contributed by atoms with E-state index in [2.05, 4.69) is 17.3 Å². The van der Waals surface area contributed by atoms with Crippen molar-refractivity contribution in [1.29, 1.82) is 0 Å². The quantitative estimate of drug-likeness (QED) is 0.882. The number of rotatable bonds is 6. The van der Waals surface area contributed by atoms with Crippen molar-refractivity contribution >= 4 is 0 Å². The van der Waals surface area contributed by atoms with Crippen LogP contribution in [0.1, 0.15) is 18.9 Å². The molecule has 0 bridgehead atoms. The Bertz CT molecular complexity index is 665. The molecule has 112 valence electrons. The number of hydrogen-bond acceptors (Lipinski definition) is 4. The molecular formula is C16H21N3O2.